The van der Waals surface area contributed by atoms with Crippen LogP contribution in [0.5, 0.6) is 0 Å². The summed E-state index contributed by atoms with van der Waals surface area (Å²) in [5, 5.41) is 4.10. The fourth-order valence-electron chi connectivity index (χ4n) is 2.73. The fourth-order valence-corrected chi connectivity index (χ4v) is 6.33. The standard InChI is InChI=1S/C21H23P/c1-4-6-14-19(13-5-2)22(3,20-15-9-7-10-16-20)21-17-11-8-12-18-21/h4-18,22H,1-2H2,3H3/b14-6-,19-13+. The van der Waals surface area contributed by atoms with E-state index in [0.717, 1.165) is 0 Å². The van der Waals surface area contributed by atoms with Gasteiger partial charge in [-0.3, -0.25) is 0 Å². The molecule has 0 saturated carbocycles. The van der Waals surface area contributed by atoms with Crippen LogP contribution >= 0.6 is 7.26 Å². The molecule has 0 fully saturated rings. The van der Waals surface area contributed by atoms with Crippen LogP contribution in [0.4, 0.5) is 0 Å². The Bertz CT molecular complexity index is 639. The number of hydrogen-bond acceptors (Lipinski definition) is 0. The second-order valence-corrected chi connectivity index (χ2v) is 9.29. The second kappa shape index (κ2) is 7.73. The zero-order valence-electron chi connectivity index (χ0n) is 13.1. The zero-order chi connectivity index (χ0) is 15.8. The molecule has 0 saturated heterocycles. The first-order valence-corrected chi connectivity index (χ1v) is 9.97. The SMILES string of the molecule is C=C/C=C\C(=C/C=C)[PH](C)(c1ccccc1)c1ccccc1. The number of hydrogen-bond donors (Lipinski definition) is 0. The van der Waals surface area contributed by atoms with Crippen molar-refractivity contribution in [2.24, 2.45) is 0 Å². The molecular weight excluding hydrogens is 283 g/mol. The Morgan fingerprint density at radius 3 is 1.73 bits per heavy atom. The Morgan fingerprint density at radius 1 is 0.818 bits per heavy atom. The Balaban J connectivity index is 2.70. The third-order valence-electron chi connectivity index (χ3n) is 3.99. The topological polar surface area (TPSA) is 0 Å². The molecule has 0 aliphatic carbocycles. The molecule has 112 valence electrons. The summed E-state index contributed by atoms with van der Waals surface area (Å²) in [6.07, 6.45) is 10.0. The van der Waals surface area contributed by atoms with E-state index in [4.69, 9.17) is 0 Å². The van der Waals surface area contributed by atoms with Gasteiger partial charge in [0.25, 0.3) is 0 Å². The monoisotopic (exact) mass is 306 g/mol. The first kappa shape index (κ1) is 16.2. The van der Waals surface area contributed by atoms with Crippen molar-refractivity contribution in [1.82, 2.24) is 0 Å². The number of benzene rings is 2. The minimum atomic E-state index is -2.03. The molecule has 0 heterocycles. The summed E-state index contributed by atoms with van der Waals surface area (Å²) in [5.41, 5.74) is 0. The van der Waals surface area contributed by atoms with Crippen LogP contribution in [0.1, 0.15) is 0 Å². The van der Waals surface area contributed by atoms with E-state index in [1.165, 1.54) is 15.9 Å². The maximum atomic E-state index is 3.90. The van der Waals surface area contributed by atoms with Crippen LogP contribution in [0.25, 0.3) is 0 Å². The molecule has 0 spiro atoms. The first-order valence-electron chi connectivity index (χ1n) is 7.47. The average Bonchev–Trinajstić information content (AvgIpc) is 2.59. The average molecular weight is 306 g/mol. The molecular formula is C21H23P. The molecule has 0 aliphatic rings. The molecule has 1 heteroatoms. The summed E-state index contributed by atoms with van der Waals surface area (Å²) >= 11 is 0. The Kier molecular flexibility index (Phi) is 5.69. The third-order valence-corrected chi connectivity index (χ3v) is 8.45. The minimum absolute atomic E-state index is 1.32. The summed E-state index contributed by atoms with van der Waals surface area (Å²) in [6, 6.07) is 21.5. The van der Waals surface area contributed by atoms with E-state index in [2.05, 4.69) is 92.6 Å². The van der Waals surface area contributed by atoms with Crippen LogP contribution < -0.4 is 10.6 Å². The fraction of sp³-hybridized carbons (Fsp3) is 0.0476. The molecule has 2 aromatic carbocycles. The van der Waals surface area contributed by atoms with Crippen LogP contribution in [0.15, 0.2) is 110 Å². The van der Waals surface area contributed by atoms with E-state index in [-0.39, 0.29) is 0 Å². The Labute approximate surface area is 134 Å². The molecule has 0 N–H and O–H groups in total. The van der Waals surface area contributed by atoms with Gasteiger partial charge in [-0.05, 0) is 0 Å². The van der Waals surface area contributed by atoms with Crippen LogP contribution in [0, 0.1) is 0 Å². The van der Waals surface area contributed by atoms with Gasteiger partial charge in [0, 0.05) is 0 Å². The van der Waals surface area contributed by atoms with Crippen LogP contribution in [0.2, 0.25) is 0 Å². The van der Waals surface area contributed by atoms with Crippen molar-refractivity contribution in [3.63, 3.8) is 0 Å². The van der Waals surface area contributed by atoms with E-state index in [1.54, 1.807) is 0 Å². The molecule has 0 amide bonds. The molecule has 0 aliphatic heterocycles. The first-order chi connectivity index (χ1) is 10.7. The summed E-state index contributed by atoms with van der Waals surface area (Å²) in [5.74, 6) is 0. The van der Waals surface area contributed by atoms with Gasteiger partial charge in [0.2, 0.25) is 0 Å². The van der Waals surface area contributed by atoms with Gasteiger partial charge in [-0.15, -0.1) is 0 Å². The van der Waals surface area contributed by atoms with Crippen molar-refractivity contribution in [3.8, 4) is 0 Å². The van der Waals surface area contributed by atoms with Gasteiger partial charge >= 0.3 is 134 Å². The molecule has 22 heavy (non-hydrogen) atoms. The molecule has 0 atom stereocenters. The van der Waals surface area contributed by atoms with Crippen LogP contribution in [0.3, 0.4) is 0 Å². The summed E-state index contributed by atoms with van der Waals surface area (Å²) < 4.78 is 0. The Hall–Kier alpha value is -2.17. The molecule has 2 rings (SSSR count). The van der Waals surface area contributed by atoms with Gasteiger partial charge in [-0.1, -0.05) is 0 Å². The zero-order valence-corrected chi connectivity index (χ0v) is 14.1. The molecule has 0 radical (unpaired) electrons. The molecule has 0 aromatic heterocycles. The van der Waals surface area contributed by atoms with Crippen molar-refractivity contribution in [1.29, 1.82) is 0 Å². The number of rotatable bonds is 6. The predicted molar refractivity (Wildman–Crippen MR) is 104 cm³/mol. The van der Waals surface area contributed by atoms with Gasteiger partial charge in [0.05, 0.1) is 0 Å². The van der Waals surface area contributed by atoms with Crippen molar-refractivity contribution in [2.75, 3.05) is 6.66 Å². The third kappa shape index (κ3) is 3.35. The van der Waals surface area contributed by atoms with Gasteiger partial charge in [0.15, 0.2) is 0 Å². The summed E-state index contributed by atoms with van der Waals surface area (Å²) in [7, 11) is -2.03. The summed E-state index contributed by atoms with van der Waals surface area (Å²) in [4.78, 5) is 0. The van der Waals surface area contributed by atoms with Crippen LogP contribution in [-0.2, 0) is 0 Å². The van der Waals surface area contributed by atoms with Crippen molar-refractivity contribution >= 4 is 17.9 Å². The van der Waals surface area contributed by atoms with Crippen LogP contribution in [-0.4, -0.2) is 6.66 Å². The van der Waals surface area contributed by atoms with E-state index in [0.29, 0.717) is 0 Å². The Morgan fingerprint density at radius 2 is 1.32 bits per heavy atom. The van der Waals surface area contributed by atoms with E-state index in [9.17, 15) is 0 Å². The number of allylic oxidation sites excluding steroid dienone is 6. The summed E-state index contributed by atoms with van der Waals surface area (Å²) in [6.45, 7) is 10.1. The molecule has 0 unspecified atom stereocenters. The predicted octanol–water partition coefficient (Wildman–Crippen LogP) is 4.83. The molecule has 0 nitrogen and oxygen atoms in total. The van der Waals surface area contributed by atoms with E-state index in [1.807, 2.05) is 18.2 Å². The van der Waals surface area contributed by atoms with Gasteiger partial charge in [-0.2, -0.15) is 0 Å². The molecule has 0 bridgehead atoms. The van der Waals surface area contributed by atoms with Crippen molar-refractivity contribution in [2.45, 2.75) is 0 Å². The normalized spacial score (nSPS) is 13.0. The van der Waals surface area contributed by atoms with E-state index >= 15 is 0 Å². The van der Waals surface area contributed by atoms with Crippen molar-refractivity contribution < 1.29 is 0 Å². The molecule has 2 aromatic rings. The maximum absolute atomic E-state index is 3.90. The van der Waals surface area contributed by atoms with E-state index < -0.39 is 7.26 Å². The van der Waals surface area contributed by atoms with Gasteiger partial charge in [-0.25, -0.2) is 0 Å². The quantitative estimate of drug-likeness (QED) is 0.530. The van der Waals surface area contributed by atoms with Crippen molar-refractivity contribution in [3.05, 3.63) is 110 Å². The van der Waals surface area contributed by atoms with Gasteiger partial charge in [0.1, 0.15) is 0 Å². The van der Waals surface area contributed by atoms with Gasteiger partial charge < -0.3 is 0 Å². The second-order valence-electron chi connectivity index (χ2n) is 5.31.